The molecule has 0 spiro atoms. The molecule has 0 saturated heterocycles. The van der Waals surface area contributed by atoms with Gasteiger partial charge in [-0.05, 0) is 19.4 Å². The van der Waals surface area contributed by atoms with E-state index in [4.69, 9.17) is 0 Å². The van der Waals surface area contributed by atoms with Gasteiger partial charge in [-0.3, -0.25) is 9.59 Å². The molecule has 2 aromatic heterocycles. The van der Waals surface area contributed by atoms with Crippen LogP contribution in [0.3, 0.4) is 0 Å². The van der Waals surface area contributed by atoms with Crippen LogP contribution in [-0.4, -0.2) is 15.9 Å². The van der Waals surface area contributed by atoms with Crippen molar-refractivity contribution in [1.29, 1.82) is 0 Å². The highest BCUT2D eigenvalue weighted by Gasteiger charge is 2.11. The number of aromatic amines is 1. The van der Waals surface area contributed by atoms with E-state index in [-0.39, 0.29) is 11.5 Å². The Hall–Kier alpha value is -1.95. The van der Waals surface area contributed by atoms with Crippen LogP contribution in [0, 0.1) is 13.8 Å². The van der Waals surface area contributed by atoms with Crippen LogP contribution in [0.5, 0.6) is 0 Å². The van der Waals surface area contributed by atoms with Gasteiger partial charge in [0.15, 0.2) is 0 Å². The van der Waals surface area contributed by atoms with Crippen LogP contribution >= 0.6 is 11.3 Å². The molecule has 0 aliphatic rings. The van der Waals surface area contributed by atoms with E-state index in [1.165, 1.54) is 17.4 Å². The SMILES string of the molecule is Cc1cc(=O)[nH]c(C)c1NC(=O)c1cscn1. The van der Waals surface area contributed by atoms with Gasteiger partial charge in [-0.15, -0.1) is 11.3 Å². The standard InChI is InChI=1S/C11H11N3O2S/c1-6-3-9(15)13-7(2)10(6)14-11(16)8-4-17-5-12-8/h3-5H,1-2H3,(H,13,15)(H,14,16). The molecule has 0 aliphatic heterocycles. The molecule has 2 rings (SSSR count). The highest BCUT2D eigenvalue weighted by atomic mass is 32.1. The highest BCUT2D eigenvalue weighted by Crippen LogP contribution is 2.16. The van der Waals surface area contributed by atoms with Crippen molar-refractivity contribution < 1.29 is 4.79 Å². The lowest BCUT2D eigenvalue weighted by Crippen LogP contribution is -2.17. The molecule has 0 unspecified atom stereocenters. The van der Waals surface area contributed by atoms with E-state index < -0.39 is 0 Å². The second-order valence-corrected chi connectivity index (χ2v) is 4.36. The number of amides is 1. The molecule has 0 radical (unpaired) electrons. The van der Waals surface area contributed by atoms with Crippen molar-refractivity contribution in [2.24, 2.45) is 0 Å². The lowest BCUT2D eigenvalue weighted by molar-refractivity contribution is 0.102. The number of pyridine rings is 1. The Balaban J connectivity index is 2.31. The average Bonchev–Trinajstić information content (AvgIpc) is 2.76. The Morgan fingerprint density at radius 2 is 2.24 bits per heavy atom. The first kappa shape index (κ1) is 11.5. The van der Waals surface area contributed by atoms with Crippen molar-refractivity contribution in [2.75, 3.05) is 5.32 Å². The first-order valence-electron chi connectivity index (χ1n) is 4.98. The van der Waals surface area contributed by atoms with Crippen LogP contribution < -0.4 is 10.9 Å². The third kappa shape index (κ3) is 2.42. The molecule has 0 aromatic carbocycles. The van der Waals surface area contributed by atoms with Crippen molar-refractivity contribution >= 4 is 22.9 Å². The topological polar surface area (TPSA) is 74.8 Å². The fraction of sp³-hybridized carbons (Fsp3) is 0.182. The second-order valence-electron chi connectivity index (χ2n) is 3.64. The number of carbonyl (C=O) groups excluding carboxylic acids is 1. The first-order chi connectivity index (χ1) is 8.08. The third-order valence-electron chi connectivity index (χ3n) is 2.33. The second kappa shape index (κ2) is 4.50. The number of H-pyrrole nitrogens is 1. The van der Waals surface area contributed by atoms with E-state index >= 15 is 0 Å². The van der Waals surface area contributed by atoms with Gasteiger partial charge >= 0.3 is 0 Å². The van der Waals surface area contributed by atoms with Gasteiger partial charge in [0.05, 0.1) is 11.2 Å². The maximum Gasteiger partial charge on any atom is 0.275 e. The predicted octanol–water partition coefficient (Wildman–Crippen LogP) is 1.70. The maximum absolute atomic E-state index is 11.8. The highest BCUT2D eigenvalue weighted by molar-refractivity contribution is 7.07. The van der Waals surface area contributed by atoms with Gasteiger partial charge in [0.1, 0.15) is 5.69 Å². The number of nitrogens with one attached hydrogen (secondary N) is 2. The summed E-state index contributed by atoms with van der Waals surface area (Å²) < 4.78 is 0. The largest absolute Gasteiger partial charge is 0.324 e. The van der Waals surface area contributed by atoms with Gasteiger partial charge in [-0.1, -0.05) is 0 Å². The number of aryl methyl sites for hydroxylation is 2. The van der Waals surface area contributed by atoms with E-state index in [0.29, 0.717) is 17.1 Å². The zero-order valence-electron chi connectivity index (χ0n) is 9.40. The van der Waals surface area contributed by atoms with Gasteiger partial charge in [-0.2, -0.15) is 0 Å². The van der Waals surface area contributed by atoms with Crippen molar-refractivity contribution in [3.8, 4) is 0 Å². The van der Waals surface area contributed by atoms with Crippen molar-refractivity contribution in [1.82, 2.24) is 9.97 Å². The van der Waals surface area contributed by atoms with Crippen LogP contribution in [0.4, 0.5) is 5.69 Å². The predicted molar refractivity (Wildman–Crippen MR) is 66.6 cm³/mol. The molecule has 88 valence electrons. The molecule has 17 heavy (non-hydrogen) atoms. The molecule has 1 amide bonds. The molecule has 5 nitrogen and oxygen atoms in total. The Labute approximate surface area is 102 Å². The van der Waals surface area contributed by atoms with Crippen LogP contribution in [0.2, 0.25) is 0 Å². The van der Waals surface area contributed by atoms with Crippen LogP contribution in [0.1, 0.15) is 21.7 Å². The lowest BCUT2D eigenvalue weighted by atomic mass is 10.2. The monoisotopic (exact) mass is 249 g/mol. The molecular formula is C11H11N3O2S. The molecule has 2 aromatic rings. The third-order valence-corrected chi connectivity index (χ3v) is 2.92. The summed E-state index contributed by atoms with van der Waals surface area (Å²) in [7, 11) is 0. The molecule has 2 N–H and O–H groups in total. The number of hydrogen-bond donors (Lipinski definition) is 2. The summed E-state index contributed by atoms with van der Waals surface area (Å²) in [5, 5.41) is 4.42. The zero-order valence-corrected chi connectivity index (χ0v) is 10.2. The Bertz CT molecular complexity index is 575. The quantitative estimate of drug-likeness (QED) is 0.850. The molecule has 2 heterocycles. The van der Waals surface area contributed by atoms with Gasteiger partial charge < -0.3 is 10.3 Å². The zero-order chi connectivity index (χ0) is 12.4. The fourth-order valence-corrected chi connectivity index (χ4v) is 2.07. The van der Waals surface area contributed by atoms with Crippen molar-refractivity contribution in [3.05, 3.63) is 44.3 Å². The summed E-state index contributed by atoms with van der Waals surface area (Å²) in [6, 6.07) is 1.45. The minimum absolute atomic E-state index is 0.174. The summed E-state index contributed by atoms with van der Waals surface area (Å²) in [5.41, 5.74) is 3.80. The van der Waals surface area contributed by atoms with Crippen LogP contribution in [0.25, 0.3) is 0 Å². The van der Waals surface area contributed by atoms with Gasteiger partial charge in [0, 0.05) is 17.1 Å². The molecule has 0 fully saturated rings. The molecule has 0 bridgehead atoms. The van der Waals surface area contributed by atoms with Crippen LogP contribution in [0.15, 0.2) is 21.8 Å². The maximum atomic E-state index is 11.8. The Kier molecular flexibility index (Phi) is 3.06. The van der Waals surface area contributed by atoms with Gasteiger partial charge in [0.2, 0.25) is 5.56 Å². The number of nitrogens with zero attached hydrogens (tertiary/aromatic N) is 1. The molecule has 6 heteroatoms. The number of rotatable bonds is 2. The van der Waals surface area contributed by atoms with E-state index in [1.54, 1.807) is 24.7 Å². The molecular weight excluding hydrogens is 238 g/mol. The fourth-order valence-electron chi connectivity index (χ4n) is 1.54. The summed E-state index contributed by atoms with van der Waals surface area (Å²) in [6.07, 6.45) is 0. The molecule has 0 aliphatic carbocycles. The number of hydrogen-bond acceptors (Lipinski definition) is 4. The normalized spacial score (nSPS) is 10.2. The average molecular weight is 249 g/mol. The number of thiazole rings is 1. The molecule has 0 saturated carbocycles. The summed E-state index contributed by atoms with van der Waals surface area (Å²) in [4.78, 5) is 29.6. The molecule has 0 atom stereocenters. The Morgan fingerprint density at radius 3 is 2.82 bits per heavy atom. The van der Waals surface area contributed by atoms with Gasteiger partial charge in [0.25, 0.3) is 5.91 Å². The first-order valence-corrected chi connectivity index (χ1v) is 5.92. The summed E-state index contributed by atoms with van der Waals surface area (Å²) in [5.74, 6) is -0.274. The lowest BCUT2D eigenvalue weighted by Gasteiger charge is -2.09. The number of aromatic nitrogens is 2. The van der Waals surface area contributed by atoms with Crippen LogP contribution in [-0.2, 0) is 0 Å². The number of carbonyl (C=O) groups is 1. The van der Waals surface area contributed by atoms with Crippen molar-refractivity contribution in [3.63, 3.8) is 0 Å². The minimum atomic E-state index is -0.274. The van der Waals surface area contributed by atoms with Crippen molar-refractivity contribution in [2.45, 2.75) is 13.8 Å². The van der Waals surface area contributed by atoms with E-state index in [2.05, 4.69) is 15.3 Å². The van der Waals surface area contributed by atoms with E-state index in [9.17, 15) is 9.59 Å². The van der Waals surface area contributed by atoms with Gasteiger partial charge in [-0.25, -0.2) is 4.98 Å². The minimum Gasteiger partial charge on any atom is -0.324 e. The van der Waals surface area contributed by atoms with E-state index in [0.717, 1.165) is 5.56 Å². The summed E-state index contributed by atoms with van der Waals surface area (Å²) >= 11 is 1.36. The Morgan fingerprint density at radius 1 is 1.47 bits per heavy atom. The van der Waals surface area contributed by atoms with E-state index in [1.807, 2.05) is 0 Å². The summed E-state index contributed by atoms with van der Waals surface area (Å²) in [6.45, 7) is 3.52. The number of anilines is 1. The smallest absolute Gasteiger partial charge is 0.275 e.